The number of hydrogen-bond acceptors (Lipinski definition) is 13. The number of aliphatic hydroxyl groups is 2. The fourth-order valence-electron chi connectivity index (χ4n) is 11.9. The van der Waals surface area contributed by atoms with Crippen LogP contribution in [0.1, 0.15) is 97.3 Å². The van der Waals surface area contributed by atoms with Crippen molar-refractivity contribution in [2.24, 2.45) is 11.8 Å². The molecule has 0 radical (unpaired) electrons. The van der Waals surface area contributed by atoms with E-state index in [1.807, 2.05) is 6.92 Å². The van der Waals surface area contributed by atoms with Crippen LogP contribution in [0.5, 0.6) is 0 Å². The first-order valence-electron chi connectivity index (χ1n) is 21.3. The van der Waals surface area contributed by atoms with Crippen LogP contribution in [-0.4, -0.2) is 138 Å². The Bertz CT molecular complexity index is 1490. The first-order chi connectivity index (χ1) is 26.5. The summed E-state index contributed by atoms with van der Waals surface area (Å²) in [5.74, 6) is -1.18. The maximum atomic E-state index is 14.0. The van der Waals surface area contributed by atoms with Crippen LogP contribution in [0.15, 0.2) is 24.3 Å². The molecular weight excluding hydrogens is 712 g/mol. The van der Waals surface area contributed by atoms with E-state index in [0.29, 0.717) is 38.5 Å². The van der Waals surface area contributed by atoms with Crippen LogP contribution < -0.4 is 0 Å². The van der Waals surface area contributed by atoms with Gasteiger partial charge in [0.2, 0.25) is 0 Å². The van der Waals surface area contributed by atoms with Crippen molar-refractivity contribution in [1.29, 1.82) is 0 Å². The third kappa shape index (κ3) is 6.79. The van der Waals surface area contributed by atoms with E-state index in [9.17, 15) is 15.0 Å². The van der Waals surface area contributed by atoms with Crippen LogP contribution in [0.25, 0.3) is 0 Å². The number of hydrogen-bond donors (Lipinski definition) is 2. The zero-order valence-corrected chi connectivity index (χ0v) is 32.2. The standard InChI is InChI=1S/C42H60O13/c1-19-13-23-5-7-27-20(2)14-25(46-27)9-11-42-18-33-38(54-42)39-40(52-33)41(55-42)37-29(51-39)8-6-24(48-37)15-34(45)53-36-22(4)35-31(16-26(44)28(50-35)10-12-43)49-32(36)17-30(47-23)21(19)3/h19,22-33,35-41,43-44H,2-3,5-18H2,1,4H3/t19-,22+,23+,24?,25+,26?,27?,28-,29+,30-,31+,32?,33-,35+,36-,37+,38?,39+,40-,41+,42+/m1/s1. The number of rotatable bonds is 2. The van der Waals surface area contributed by atoms with Crippen LogP contribution in [0.4, 0.5) is 0 Å². The summed E-state index contributed by atoms with van der Waals surface area (Å²) in [6, 6.07) is 0. The molecule has 0 aromatic carbocycles. The molecule has 2 N–H and O–H groups in total. The van der Waals surface area contributed by atoms with Crippen LogP contribution >= 0.6 is 0 Å². The first-order valence-corrected chi connectivity index (χ1v) is 21.3. The minimum absolute atomic E-state index is 0.00281. The molecule has 0 amide bonds. The highest BCUT2D eigenvalue weighted by molar-refractivity contribution is 5.70. The number of aliphatic hydroxyl groups excluding tert-OH is 2. The highest BCUT2D eigenvalue weighted by atomic mass is 16.8. The third-order valence-electron chi connectivity index (χ3n) is 14.8. The van der Waals surface area contributed by atoms with Gasteiger partial charge in [0.15, 0.2) is 5.79 Å². The summed E-state index contributed by atoms with van der Waals surface area (Å²) in [5, 5.41) is 20.6. The quantitative estimate of drug-likeness (QED) is 0.312. The van der Waals surface area contributed by atoms with Gasteiger partial charge in [0, 0.05) is 38.2 Å². The maximum absolute atomic E-state index is 14.0. The summed E-state index contributed by atoms with van der Waals surface area (Å²) in [4.78, 5) is 14.0. The lowest BCUT2D eigenvalue weighted by molar-refractivity contribution is -0.293. The average Bonchev–Trinajstić information content (AvgIpc) is 3.74. The van der Waals surface area contributed by atoms with E-state index in [0.717, 1.165) is 49.7 Å². The molecule has 306 valence electrons. The second-order valence-electron chi connectivity index (χ2n) is 18.5. The molecule has 12 bridgehead atoms. The van der Waals surface area contributed by atoms with Crippen LogP contribution in [-0.2, 0) is 52.2 Å². The van der Waals surface area contributed by atoms with Crippen molar-refractivity contribution < 1.29 is 62.4 Å². The Morgan fingerprint density at radius 2 is 1.42 bits per heavy atom. The molecule has 11 saturated heterocycles. The van der Waals surface area contributed by atoms with Gasteiger partial charge in [0.25, 0.3) is 0 Å². The zero-order valence-electron chi connectivity index (χ0n) is 32.2. The van der Waals surface area contributed by atoms with Crippen molar-refractivity contribution in [2.75, 3.05) is 6.61 Å². The molecule has 11 heterocycles. The second kappa shape index (κ2) is 14.7. The largest absolute Gasteiger partial charge is 0.459 e. The molecule has 0 aliphatic carbocycles. The highest BCUT2D eigenvalue weighted by Crippen LogP contribution is 2.54. The number of fused-ring (bicyclic) bond motifs is 7. The Morgan fingerprint density at radius 1 is 0.673 bits per heavy atom. The Hall–Kier alpha value is -1.49. The molecule has 11 aliphatic rings. The molecule has 13 nitrogen and oxygen atoms in total. The molecule has 11 fully saturated rings. The predicted molar refractivity (Wildman–Crippen MR) is 193 cm³/mol. The molecule has 11 aliphatic heterocycles. The minimum atomic E-state index is -0.808. The molecule has 13 heteroatoms. The SMILES string of the molecule is C=C1C[C@@H]2CC[C@@]34C[C@H]5O[C@H]6[C@@H](O3)[C@H]3OC(CC[C@@H]3O[C@H]6C5O4)CC(=O)O[C@H]3C(C[C@H]4O[C@@H](CCC1O2)C[C@@H](C)C4=C)O[C@H]1CC(O)[C@@H](CCO)O[C@H]1[C@@H]3C. The summed E-state index contributed by atoms with van der Waals surface area (Å²) in [6.07, 6.45) is 2.38. The van der Waals surface area contributed by atoms with Crippen molar-refractivity contribution in [2.45, 2.75) is 213 Å². The van der Waals surface area contributed by atoms with Crippen molar-refractivity contribution in [1.82, 2.24) is 0 Å². The summed E-state index contributed by atoms with van der Waals surface area (Å²) in [7, 11) is 0. The average molecular weight is 773 g/mol. The maximum Gasteiger partial charge on any atom is 0.308 e. The number of ether oxygens (including phenoxy) is 10. The van der Waals surface area contributed by atoms with Crippen molar-refractivity contribution in [3.63, 3.8) is 0 Å². The first kappa shape index (κ1) is 37.8. The molecule has 11 rings (SSSR count). The van der Waals surface area contributed by atoms with Gasteiger partial charge < -0.3 is 57.6 Å². The monoisotopic (exact) mass is 772 g/mol. The number of carbonyl (C=O) groups is 1. The molecule has 1 spiro atoms. The van der Waals surface area contributed by atoms with Crippen LogP contribution in [0.2, 0.25) is 0 Å². The lowest BCUT2D eigenvalue weighted by atomic mass is 9.79. The van der Waals surface area contributed by atoms with E-state index in [1.165, 1.54) is 0 Å². The predicted octanol–water partition coefficient (Wildman–Crippen LogP) is 3.59. The Morgan fingerprint density at radius 3 is 2.27 bits per heavy atom. The van der Waals surface area contributed by atoms with Crippen molar-refractivity contribution in [3.05, 3.63) is 24.3 Å². The van der Waals surface area contributed by atoms with Gasteiger partial charge in [-0.1, -0.05) is 27.0 Å². The third-order valence-corrected chi connectivity index (χ3v) is 14.8. The minimum Gasteiger partial charge on any atom is -0.459 e. The number of carbonyl (C=O) groups excluding carboxylic acids is 1. The molecule has 21 atom stereocenters. The Balaban J connectivity index is 0.934. The van der Waals surface area contributed by atoms with Gasteiger partial charge in [-0.25, -0.2) is 0 Å². The molecule has 55 heavy (non-hydrogen) atoms. The molecule has 0 saturated carbocycles. The summed E-state index contributed by atoms with van der Waals surface area (Å²) >= 11 is 0. The molecule has 0 aromatic rings. The van der Waals surface area contributed by atoms with E-state index >= 15 is 0 Å². The molecule has 5 unspecified atom stereocenters. The fraction of sp³-hybridized carbons (Fsp3) is 0.881. The van der Waals surface area contributed by atoms with Gasteiger partial charge in [-0.2, -0.15) is 0 Å². The van der Waals surface area contributed by atoms with Crippen LogP contribution in [0.3, 0.4) is 0 Å². The van der Waals surface area contributed by atoms with Gasteiger partial charge in [-0.05, 0) is 68.4 Å². The number of esters is 1. The van der Waals surface area contributed by atoms with E-state index in [4.69, 9.17) is 47.4 Å². The van der Waals surface area contributed by atoms with Gasteiger partial charge in [-0.3, -0.25) is 4.79 Å². The Kier molecular flexibility index (Phi) is 10.1. The van der Waals surface area contributed by atoms with E-state index in [1.54, 1.807) is 0 Å². The second-order valence-corrected chi connectivity index (χ2v) is 18.5. The van der Waals surface area contributed by atoms with Crippen molar-refractivity contribution >= 4 is 5.97 Å². The molecular formula is C42H60O13. The lowest BCUT2D eigenvalue weighted by Crippen LogP contribution is -2.62. The Labute approximate surface area is 323 Å². The van der Waals surface area contributed by atoms with Crippen LogP contribution in [0, 0.1) is 11.8 Å². The summed E-state index contributed by atoms with van der Waals surface area (Å²) in [5.41, 5.74) is 2.14. The van der Waals surface area contributed by atoms with Gasteiger partial charge in [0.05, 0.1) is 79.7 Å². The topological polar surface area (TPSA) is 150 Å². The van der Waals surface area contributed by atoms with E-state index in [-0.39, 0.29) is 98.0 Å². The van der Waals surface area contributed by atoms with Crippen molar-refractivity contribution in [3.8, 4) is 0 Å². The van der Waals surface area contributed by atoms with E-state index < -0.39 is 48.5 Å². The lowest BCUT2D eigenvalue weighted by Gasteiger charge is -2.51. The normalized spacial score (nSPS) is 54.9. The fourth-order valence-corrected chi connectivity index (χ4v) is 11.9. The summed E-state index contributed by atoms with van der Waals surface area (Å²) < 4.78 is 66.9. The van der Waals surface area contributed by atoms with E-state index in [2.05, 4.69) is 20.1 Å². The van der Waals surface area contributed by atoms with Gasteiger partial charge >= 0.3 is 5.97 Å². The highest BCUT2D eigenvalue weighted by Gasteiger charge is 2.69. The summed E-state index contributed by atoms with van der Waals surface area (Å²) in [6.45, 7) is 13.1. The van der Waals surface area contributed by atoms with Gasteiger partial charge in [0.1, 0.15) is 36.6 Å². The molecule has 0 aromatic heterocycles. The zero-order chi connectivity index (χ0) is 37.7. The smallest absolute Gasteiger partial charge is 0.308 e. The van der Waals surface area contributed by atoms with Gasteiger partial charge in [-0.15, -0.1) is 0 Å².